The Morgan fingerprint density at radius 2 is 1.64 bits per heavy atom. The fourth-order valence-corrected chi connectivity index (χ4v) is 2.16. The van der Waals surface area contributed by atoms with Crippen LogP contribution in [0.1, 0.15) is 16.8 Å². The van der Waals surface area contributed by atoms with Crippen molar-refractivity contribution < 1.29 is 9.59 Å². The summed E-state index contributed by atoms with van der Waals surface area (Å²) >= 11 is 10.8. The first-order valence-electron chi connectivity index (χ1n) is 7.49. The molecule has 0 aliphatic heterocycles. The lowest BCUT2D eigenvalue weighted by molar-refractivity contribution is -0.121. The molecule has 0 bridgehead atoms. The van der Waals surface area contributed by atoms with Crippen molar-refractivity contribution in [2.45, 2.75) is 6.42 Å². The highest BCUT2D eigenvalue weighted by Crippen LogP contribution is 2.09. The van der Waals surface area contributed by atoms with Gasteiger partial charge in [0, 0.05) is 29.2 Å². The molecular weight excluding hydrogens is 360 g/mol. The van der Waals surface area contributed by atoms with Crippen LogP contribution in [0, 0.1) is 0 Å². The second-order valence-electron chi connectivity index (χ2n) is 5.01. The number of anilines is 1. The molecule has 2 rings (SSSR count). The van der Waals surface area contributed by atoms with Crippen LogP contribution in [-0.2, 0) is 4.79 Å². The van der Waals surface area contributed by atoms with Gasteiger partial charge in [-0.05, 0) is 48.6 Å². The number of rotatable bonds is 5. The molecule has 130 valence electrons. The van der Waals surface area contributed by atoms with Gasteiger partial charge in [-0.3, -0.25) is 20.4 Å². The maximum atomic E-state index is 11.9. The number of carbonyl (C=O) groups is 2. The zero-order valence-electron chi connectivity index (χ0n) is 13.2. The normalized spacial score (nSPS) is 9.80. The Bertz CT molecular complexity index is 738. The van der Waals surface area contributed by atoms with E-state index in [-0.39, 0.29) is 29.9 Å². The third-order valence-corrected chi connectivity index (χ3v) is 3.55. The summed E-state index contributed by atoms with van der Waals surface area (Å²) in [5, 5.41) is 6.41. The second-order valence-corrected chi connectivity index (χ2v) is 5.85. The largest absolute Gasteiger partial charge is 0.352 e. The molecule has 2 aromatic carbocycles. The van der Waals surface area contributed by atoms with Gasteiger partial charge in [0.25, 0.3) is 5.91 Å². The molecule has 4 N–H and O–H groups in total. The third kappa shape index (κ3) is 6.78. The van der Waals surface area contributed by atoms with E-state index in [0.717, 1.165) is 5.69 Å². The van der Waals surface area contributed by atoms with Crippen LogP contribution < -0.4 is 21.5 Å². The number of amides is 2. The molecule has 0 saturated carbocycles. The Labute approximate surface area is 155 Å². The van der Waals surface area contributed by atoms with Crippen LogP contribution in [0.25, 0.3) is 0 Å². The van der Waals surface area contributed by atoms with Gasteiger partial charge in [-0.1, -0.05) is 29.8 Å². The van der Waals surface area contributed by atoms with E-state index in [1.54, 1.807) is 24.3 Å². The van der Waals surface area contributed by atoms with Crippen molar-refractivity contribution >= 4 is 46.4 Å². The minimum absolute atomic E-state index is 0.111. The number of hydrogen-bond donors (Lipinski definition) is 4. The van der Waals surface area contributed by atoms with E-state index in [4.69, 9.17) is 23.8 Å². The molecule has 0 aliphatic rings. The lowest BCUT2D eigenvalue weighted by Crippen LogP contribution is -2.44. The molecule has 0 heterocycles. The molecule has 0 spiro atoms. The van der Waals surface area contributed by atoms with E-state index in [9.17, 15) is 9.59 Å². The summed E-state index contributed by atoms with van der Waals surface area (Å²) in [6, 6.07) is 15.8. The predicted octanol–water partition coefficient (Wildman–Crippen LogP) is 2.48. The van der Waals surface area contributed by atoms with E-state index >= 15 is 0 Å². The van der Waals surface area contributed by atoms with E-state index in [1.165, 1.54) is 0 Å². The van der Waals surface area contributed by atoms with Crippen LogP contribution in [0.5, 0.6) is 0 Å². The summed E-state index contributed by atoms with van der Waals surface area (Å²) in [7, 11) is 0. The van der Waals surface area contributed by atoms with E-state index in [0.29, 0.717) is 10.6 Å². The van der Waals surface area contributed by atoms with Gasteiger partial charge in [0.2, 0.25) is 5.91 Å². The van der Waals surface area contributed by atoms with Gasteiger partial charge >= 0.3 is 0 Å². The summed E-state index contributed by atoms with van der Waals surface area (Å²) < 4.78 is 0. The molecule has 0 fully saturated rings. The van der Waals surface area contributed by atoms with Crippen molar-refractivity contribution in [2.75, 3.05) is 11.9 Å². The molecule has 0 aliphatic carbocycles. The highest BCUT2D eigenvalue weighted by molar-refractivity contribution is 7.80. The summed E-state index contributed by atoms with van der Waals surface area (Å²) in [6.07, 6.45) is 0.111. The molecule has 0 unspecified atom stereocenters. The van der Waals surface area contributed by atoms with E-state index in [2.05, 4.69) is 21.5 Å². The highest BCUT2D eigenvalue weighted by atomic mass is 35.5. The molecule has 0 atom stereocenters. The van der Waals surface area contributed by atoms with Gasteiger partial charge in [-0.2, -0.15) is 0 Å². The maximum Gasteiger partial charge on any atom is 0.251 e. The highest BCUT2D eigenvalue weighted by Gasteiger charge is 2.07. The molecular formula is C17H17ClN4O2S. The Balaban J connectivity index is 1.64. The van der Waals surface area contributed by atoms with E-state index in [1.807, 2.05) is 30.3 Å². The number of benzene rings is 2. The molecule has 0 radical (unpaired) electrons. The average molecular weight is 377 g/mol. The van der Waals surface area contributed by atoms with Crippen LogP contribution in [0.4, 0.5) is 5.69 Å². The molecule has 6 nitrogen and oxygen atoms in total. The van der Waals surface area contributed by atoms with Crippen LogP contribution >= 0.6 is 23.8 Å². The third-order valence-electron chi connectivity index (χ3n) is 3.09. The predicted molar refractivity (Wildman–Crippen MR) is 102 cm³/mol. The first-order chi connectivity index (χ1) is 12.0. The number of nitrogens with one attached hydrogen (secondary N) is 4. The van der Waals surface area contributed by atoms with E-state index < -0.39 is 0 Å². The fourth-order valence-electron chi connectivity index (χ4n) is 1.87. The number of hydrogen-bond acceptors (Lipinski definition) is 3. The summed E-state index contributed by atoms with van der Waals surface area (Å²) in [6.45, 7) is 0.202. The molecule has 0 saturated heterocycles. The van der Waals surface area contributed by atoms with Crippen molar-refractivity contribution in [3.05, 3.63) is 65.2 Å². The zero-order valence-corrected chi connectivity index (χ0v) is 14.8. The van der Waals surface area contributed by atoms with Crippen LogP contribution in [0.2, 0.25) is 5.02 Å². The van der Waals surface area contributed by atoms with Crippen LogP contribution in [0.15, 0.2) is 54.6 Å². The van der Waals surface area contributed by atoms with Crippen LogP contribution in [-0.4, -0.2) is 23.5 Å². The first-order valence-corrected chi connectivity index (χ1v) is 8.28. The van der Waals surface area contributed by atoms with Gasteiger partial charge < -0.3 is 10.6 Å². The van der Waals surface area contributed by atoms with Crippen molar-refractivity contribution in [1.29, 1.82) is 0 Å². The van der Waals surface area contributed by atoms with Crippen molar-refractivity contribution in [2.24, 2.45) is 0 Å². The summed E-state index contributed by atoms with van der Waals surface area (Å²) in [5.41, 5.74) is 6.35. The Hall–Kier alpha value is -2.64. The topological polar surface area (TPSA) is 82.3 Å². The molecule has 0 aromatic heterocycles. The van der Waals surface area contributed by atoms with Gasteiger partial charge in [-0.15, -0.1) is 0 Å². The lowest BCUT2D eigenvalue weighted by atomic mass is 10.2. The van der Waals surface area contributed by atoms with Crippen molar-refractivity contribution in [1.82, 2.24) is 16.2 Å². The molecule has 8 heteroatoms. The summed E-state index contributed by atoms with van der Waals surface area (Å²) in [5.74, 6) is -0.563. The first kappa shape index (κ1) is 18.7. The van der Waals surface area contributed by atoms with Crippen molar-refractivity contribution in [3.8, 4) is 0 Å². The number of halogens is 1. The van der Waals surface area contributed by atoms with Crippen molar-refractivity contribution in [3.63, 3.8) is 0 Å². The molecule has 2 amide bonds. The minimum Gasteiger partial charge on any atom is -0.352 e. The monoisotopic (exact) mass is 376 g/mol. The Morgan fingerprint density at radius 1 is 0.960 bits per heavy atom. The van der Waals surface area contributed by atoms with Gasteiger partial charge in [-0.25, -0.2) is 0 Å². The SMILES string of the molecule is O=C(CCNC(=O)c1ccc(Cl)cc1)NNC(=S)Nc1ccccc1. The Kier molecular flexibility index (Phi) is 7.18. The number of hydrazine groups is 1. The lowest BCUT2D eigenvalue weighted by Gasteiger charge is -2.11. The smallest absolute Gasteiger partial charge is 0.251 e. The number of para-hydroxylation sites is 1. The van der Waals surface area contributed by atoms with Gasteiger partial charge in [0.15, 0.2) is 5.11 Å². The fraction of sp³-hybridized carbons (Fsp3) is 0.118. The second kappa shape index (κ2) is 9.61. The standard InChI is InChI=1S/C17H17ClN4O2S/c18-13-8-6-12(7-9-13)16(24)19-11-10-15(23)21-22-17(25)20-14-4-2-1-3-5-14/h1-9H,10-11H2,(H,19,24)(H,21,23)(H2,20,22,25). The maximum absolute atomic E-state index is 11.9. The number of thiocarbonyl (C=S) groups is 1. The zero-order chi connectivity index (χ0) is 18.1. The van der Waals surface area contributed by atoms with Gasteiger partial charge in [0.05, 0.1) is 0 Å². The van der Waals surface area contributed by atoms with Gasteiger partial charge in [0.1, 0.15) is 0 Å². The average Bonchev–Trinajstić information content (AvgIpc) is 2.61. The Morgan fingerprint density at radius 3 is 2.32 bits per heavy atom. The van der Waals surface area contributed by atoms with Crippen LogP contribution in [0.3, 0.4) is 0 Å². The molecule has 25 heavy (non-hydrogen) atoms. The summed E-state index contributed by atoms with van der Waals surface area (Å²) in [4.78, 5) is 23.6. The minimum atomic E-state index is -0.298. The number of carbonyl (C=O) groups excluding carboxylic acids is 2. The quantitative estimate of drug-likeness (QED) is 0.476. The molecule has 2 aromatic rings.